The first-order chi connectivity index (χ1) is 9.70. The number of aromatic amines is 1. The van der Waals surface area contributed by atoms with Gasteiger partial charge in [-0.2, -0.15) is 0 Å². The fourth-order valence-electron chi connectivity index (χ4n) is 1.75. The van der Waals surface area contributed by atoms with Gasteiger partial charge in [-0.25, -0.2) is 4.98 Å². The Hall–Kier alpha value is -1.44. The van der Waals surface area contributed by atoms with Crippen LogP contribution in [0.1, 0.15) is 6.42 Å². The van der Waals surface area contributed by atoms with Crippen molar-refractivity contribution in [2.75, 3.05) is 38.4 Å². The molecule has 7 heteroatoms. The van der Waals surface area contributed by atoms with E-state index in [2.05, 4.69) is 9.97 Å². The zero-order valence-electron chi connectivity index (χ0n) is 11.4. The van der Waals surface area contributed by atoms with Gasteiger partial charge in [-0.3, -0.25) is 4.21 Å². The predicted molar refractivity (Wildman–Crippen MR) is 79.1 cm³/mol. The molecule has 0 spiro atoms. The minimum absolute atomic E-state index is 0.419. The number of nitrogen functional groups attached to an aromatic ring is 1. The maximum atomic E-state index is 12.1. The Morgan fingerprint density at radius 1 is 1.35 bits per heavy atom. The predicted octanol–water partition coefficient (Wildman–Crippen LogP) is 1.31. The van der Waals surface area contributed by atoms with Gasteiger partial charge in [-0.1, -0.05) is 0 Å². The van der Waals surface area contributed by atoms with Crippen LogP contribution in [0.5, 0.6) is 0 Å². The summed E-state index contributed by atoms with van der Waals surface area (Å²) in [6, 6.07) is 5.36. The summed E-state index contributed by atoms with van der Waals surface area (Å²) >= 11 is 0. The van der Waals surface area contributed by atoms with Crippen LogP contribution in [-0.2, 0) is 20.3 Å². The molecule has 20 heavy (non-hydrogen) atoms. The molecular weight excluding hydrogens is 278 g/mol. The van der Waals surface area contributed by atoms with Gasteiger partial charge < -0.3 is 20.2 Å². The number of ether oxygens (including phenoxy) is 2. The van der Waals surface area contributed by atoms with E-state index in [4.69, 9.17) is 15.2 Å². The standard InChI is InChI=1S/C13H19N3O3S/c1-18-5-2-6-19-7-8-20(17)13-15-11-4-3-10(14)9-12(11)16-13/h3-4,9H,2,5-8,14H2,1H3,(H,15,16). The summed E-state index contributed by atoms with van der Waals surface area (Å²) in [5.41, 5.74) is 7.91. The van der Waals surface area contributed by atoms with Gasteiger partial charge in [-0.15, -0.1) is 0 Å². The molecule has 6 nitrogen and oxygen atoms in total. The zero-order chi connectivity index (χ0) is 14.4. The van der Waals surface area contributed by atoms with Crippen LogP contribution < -0.4 is 5.73 Å². The van der Waals surface area contributed by atoms with E-state index in [1.165, 1.54) is 0 Å². The topological polar surface area (TPSA) is 90.2 Å². The molecule has 0 saturated heterocycles. The van der Waals surface area contributed by atoms with E-state index in [0.717, 1.165) is 17.5 Å². The van der Waals surface area contributed by atoms with Gasteiger partial charge in [0.1, 0.15) is 0 Å². The summed E-state index contributed by atoms with van der Waals surface area (Å²) in [5, 5.41) is 0.464. The average molecular weight is 297 g/mol. The lowest BCUT2D eigenvalue weighted by Crippen LogP contribution is -2.09. The number of nitrogens with zero attached hydrogens (tertiary/aromatic N) is 1. The molecule has 0 radical (unpaired) electrons. The maximum absolute atomic E-state index is 12.1. The molecular formula is C13H19N3O3S. The zero-order valence-corrected chi connectivity index (χ0v) is 12.2. The van der Waals surface area contributed by atoms with E-state index in [0.29, 0.717) is 36.4 Å². The number of aromatic nitrogens is 2. The lowest BCUT2D eigenvalue weighted by molar-refractivity contribution is 0.112. The summed E-state index contributed by atoms with van der Waals surface area (Å²) in [5.74, 6) is 0.419. The van der Waals surface area contributed by atoms with E-state index < -0.39 is 10.8 Å². The van der Waals surface area contributed by atoms with Gasteiger partial charge in [0.2, 0.25) is 0 Å². The van der Waals surface area contributed by atoms with Crippen molar-refractivity contribution in [2.45, 2.75) is 11.6 Å². The number of methoxy groups -OCH3 is 1. The smallest absolute Gasteiger partial charge is 0.197 e. The number of anilines is 1. The molecule has 1 heterocycles. The summed E-state index contributed by atoms with van der Waals surface area (Å²) in [4.78, 5) is 7.33. The van der Waals surface area contributed by atoms with Gasteiger partial charge in [0.25, 0.3) is 0 Å². The highest BCUT2D eigenvalue weighted by molar-refractivity contribution is 7.84. The van der Waals surface area contributed by atoms with Crippen molar-refractivity contribution >= 4 is 27.5 Å². The highest BCUT2D eigenvalue weighted by atomic mass is 32.2. The molecule has 1 aromatic carbocycles. The fraction of sp³-hybridized carbons (Fsp3) is 0.462. The maximum Gasteiger partial charge on any atom is 0.197 e. The molecule has 0 amide bonds. The minimum Gasteiger partial charge on any atom is -0.399 e. The SMILES string of the molecule is COCCCOCCS(=O)c1nc2ccc(N)cc2[nH]1. The molecule has 1 aromatic heterocycles. The van der Waals surface area contributed by atoms with E-state index in [9.17, 15) is 4.21 Å². The van der Waals surface area contributed by atoms with Crippen molar-refractivity contribution < 1.29 is 13.7 Å². The second kappa shape index (κ2) is 7.37. The van der Waals surface area contributed by atoms with Gasteiger partial charge in [0.15, 0.2) is 5.16 Å². The molecule has 2 rings (SSSR count). The molecule has 0 bridgehead atoms. The first-order valence-electron chi connectivity index (χ1n) is 6.41. The first kappa shape index (κ1) is 15.0. The molecule has 2 aromatic rings. The molecule has 0 aliphatic heterocycles. The van der Waals surface area contributed by atoms with Crippen LogP contribution in [-0.4, -0.2) is 46.9 Å². The number of hydrogen-bond donors (Lipinski definition) is 2. The molecule has 1 unspecified atom stereocenters. The molecule has 3 N–H and O–H groups in total. The summed E-state index contributed by atoms with van der Waals surface area (Å²) in [6.07, 6.45) is 0.840. The lowest BCUT2D eigenvalue weighted by Gasteiger charge is -2.02. The summed E-state index contributed by atoms with van der Waals surface area (Å²) in [7, 11) is 0.463. The summed E-state index contributed by atoms with van der Waals surface area (Å²) in [6.45, 7) is 1.73. The Kier molecular flexibility index (Phi) is 5.51. The van der Waals surface area contributed by atoms with E-state index in [1.807, 2.05) is 6.07 Å². The quantitative estimate of drug-likeness (QED) is 0.566. The molecule has 0 aliphatic carbocycles. The van der Waals surface area contributed by atoms with Crippen LogP contribution in [0.25, 0.3) is 11.0 Å². The Morgan fingerprint density at radius 2 is 2.20 bits per heavy atom. The van der Waals surface area contributed by atoms with Crippen LogP contribution >= 0.6 is 0 Å². The molecule has 110 valence electrons. The number of rotatable bonds is 8. The highest BCUT2D eigenvalue weighted by Crippen LogP contribution is 2.16. The molecule has 1 atom stereocenters. The third kappa shape index (κ3) is 4.03. The van der Waals surface area contributed by atoms with Crippen molar-refractivity contribution in [3.8, 4) is 0 Å². The van der Waals surface area contributed by atoms with Crippen molar-refractivity contribution in [1.82, 2.24) is 9.97 Å². The molecule has 0 saturated carbocycles. The summed E-state index contributed by atoms with van der Waals surface area (Å²) < 4.78 is 22.4. The number of hydrogen-bond acceptors (Lipinski definition) is 5. The number of fused-ring (bicyclic) bond motifs is 1. The second-order valence-electron chi connectivity index (χ2n) is 4.33. The Balaban J connectivity index is 1.85. The van der Waals surface area contributed by atoms with Crippen LogP contribution in [0, 0.1) is 0 Å². The van der Waals surface area contributed by atoms with Crippen LogP contribution in [0.4, 0.5) is 5.69 Å². The number of nitrogens with two attached hydrogens (primary N) is 1. The number of imidazole rings is 1. The van der Waals surface area contributed by atoms with E-state index in [1.54, 1.807) is 19.2 Å². The van der Waals surface area contributed by atoms with Crippen molar-refractivity contribution in [3.05, 3.63) is 18.2 Å². The van der Waals surface area contributed by atoms with Gasteiger partial charge in [-0.05, 0) is 24.6 Å². The van der Waals surface area contributed by atoms with Crippen LogP contribution in [0.15, 0.2) is 23.4 Å². The van der Waals surface area contributed by atoms with Crippen molar-refractivity contribution in [1.29, 1.82) is 0 Å². The highest BCUT2D eigenvalue weighted by Gasteiger charge is 2.10. The fourth-order valence-corrected chi connectivity index (χ4v) is 2.64. The molecule has 0 aliphatic rings. The van der Waals surface area contributed by atoms with Gasteiger partial charge in [0, 0.05) is 26.0 Å². The minimum atomic E-state index is -1.19. The Bertz CT molecular complexity index is 585. The van der Waals surface area contributed by atoms with Gasteiger partial charge in [0.05, 0.1) is 34.2 Å². The molecule has 0 fully saturated rings. The third-order valence-corrected chi connectivity index (χ3v) is 3.91. The Morgan fingerprint density at radius 3 is 3.00 bits per heavy atom. The largest absolute Gasteiger partial charge is 0.399 e. The average Bonchev–Trinajstić information content (AvgIpc) is 2.85. The number of H-pyrrole nitrogens is 1. The lowest BCUT2D eigenvalue weighted by atomic mass is 10.3. The monoisotopic (exact) mass is 297 g/mol. The number of benzene rings is 1. The number of nitrogens with one attached hydrogen (secondary N) is 1. The second-order valence-corrected chi connectivity index (χ2v) is 5.81. The third-order valence-electron chi connectivity index (χ3n) is 2.75. The van der Waals surface area contributed by atoms with Crippen molar-refractivity contribution in [3.63, 3.8) is 0 Å². The van der Waals surface area contributed by atoms with E-state index in [-0.39, 0.29) is 0 Å². The van der Waals surface area contributed by atoms with Crippen LogP contribution in [0.3, 0.4) is 0 Å². The first-order valence-corrected chi connectivity index (χ1v) is 7.73. The van der Waals surface area contributed by atoms with E-state index >= 15 is 0 Å². The van der Waals surface area contributed by atoms with Gasteiger partial charge >= 0.3 is 0 Å². The normalized spacial score (nSPS) is 12.8. The van der Waals surface area contributed by atoms with Crippen molar-refractivity contribution in [2.24, 2.45) is 0 Å². The Labute approximate surface area is 120 Å². The van der Waals surface area contributed by atoms with Crippen LogP contribution in [0.2, 0.25) is 0 Å².